The normalized spacial score (nSPS) is 17.8. The molecule has 0 saturated carbocycles. The van der Waals surface area contributed by atoms with Crippen LogP contribution >= 0.6 is 0 Å². The first-order valence-electron chi connectivity index (χ1n) is 6.68. The zero-order valence-electron chi connectivity index (χ0n) is 11.0. The van der Waals surface area contributed by atoms with Crippen molar-refractivity contribution in [3.8, 4) is 0 Å². The van der Waals surface area contributed by atoms with Gasteiger partial charge in [-0.15, -0.1) is 0 Å². The van der Waals surface area contributed by atoms with Crippen molar-refractivity contribution in [2.24, 2.45) is 5.92 Å². The largest absolute Gasteiger partial charge is 0.469 e. The quantitative estimate of drug-likeness (QED) is 0.851. The van der Waals surface area contributed by atoms with E-state index >= 15 is 0 Å². The highest BCUT2D eigenvalue weighted by Crippen LogP contribution is 2.17. The fraction of sp³-hybridized carbons (Fsp3) is 0.714. The van der Waals surface area contributed by atoms with Gasteiger partial charge < -0.3 is 14.6 Å². The summed E-state index contributed by atoms with van der Waals surface area (Å²) in [6, 6.07) is 2.08. The van der Waals surface area contributed by atoms with Crippen LogP contribution in [-0.4, -0.2) is 31.6 Å². The van der Waals surface area contributed by atoms with Gasteiger partial charge in [-0.05, 0) is 64.9 Å². The minimum absolute atomic E-state index is 0.921. The molecule has 1 N–H and O–H groups in total. The van der Waals surface area contributed by atoms with Gasteiger partial charge in [0.05, 0.1) is 6.26 Å². The topological polar surface area (TPSA) is 28.4 Å². The molecule has 0 amide bonds. The fourth-order valence-corrected chi connectivity index (χ4v) is 2.52. The smallest absolute Gasteiger partial charge is 0.105 e. The number of hydrogen-bond donors (Lipinski definition) is 1. The van der Waals surface area contributed by atoms with Gasteiger partial charge in [0.1, 0.15) is 5.76 Å². The molecule has 0 unspecified atom stereocenters. The molecule has 0 spiro atoms. The van der Waals surface area contributed by atoms with E-state index in [1.807, 2.05) is 6.92 Å². The summed E-state index contributed by atoms with van der Waals surface area (Å²) in [5.74, 6) is 1.97. The summed E-state index contributed by atoms with van der Waals surface area (Å²) in [4.78, 5) is 2.40. The molecule has 1 aromatic rings. The molecule has 0 bridgehead atoms. The van der Waals surface area contributed by atoms with Gasteiger partial charge in [-0.3, -0.25) is 0 Å². The lowest BCUT2D eigenvalue weighted by Gasteiger charge is -2.25. The summed E-state index contributed by atoms with van der Waals surface area (Å²) in [6.45, 7) is 6.64. The van der Waals surface area contributed by atoms with Crippen molar-refractivity contribution in [3.63, 3.8) is 0 Å². The maximum Gasteiger partial charge on any atom is 0.105 e. The molecule has 0 aromatic carbocycles. The fourth-order valence-electron chi connectivity index (χ4n) is 2.52. The Morgan fingerprint density at radius 2 is 2.18 bits per heavy atom. The first kappa shape index (κ1) is 12.7. The van der Waals surface area contributed by atoms with Gasteiger partial charge in [0.15, 0.2) is 0 Å². The molecule has 3 heteroatoms. The Morgan fingerprint density at radius 3 is 2.82 bits per heavy atom. The van der Waals surface area contributed by atoms with Gasteiger partial charge in [-0.1, -0.05) is 0 Å². The Hall–Kier alpha value is -0.800. The molecule has 0 aliphatic carbocycles. The van der Waals surface area contributed by atoms with E-state index in [-0.39, 0.29) is 0 Å². The van der Waals surface area contributed by atoms with Gasteiger partial charge in [0, 0.05) is 12.1 Å². The molecule has 1 saturated heterocycles. The van der Waals surface area contributed by atoms with Crippen LogP contribution in [0, 0.1) is 12.8 Å². The summed E-state index contributed by atoms with van der Waals surface area (Å²) in [5.41, 5.74) is 1.32. The molecule has 0 atom stereocenters. The molecule has 1 aromatic heterocycles. The minimum Gasteiger partial charge on any atom is -0.469 e. The number of aryl methyl sites for hydroxylation is 1. The lowest BCUT2D eigenvalue weighted by atomic mass is 9.94. The number of rotatable bonds is 5. The van der Waals surface area contributed by atoms with E-state index in [9.17, 15) is 0 Å². The van der Waals surface area contributed by atoms with Crippen molar-refractivity contribution in [2.75, 3.05) is 26.7 Å². The van der Waals surface area contributed by atoms with Gasteiger partial charge >= 0.3 is 0 Å². The molecule has 2 heterocycles. The van der Waals surface area contributed by atoms with Crippen molar-refractivity contribution in [1.29, 1.82) is 0 Å². The van der Waals surface area contributed by atoms with Crippen LogP contribution in [0.2, 0.25) is 0 Å². The first-order chi connectivity index (χ1) is 8.25. The second-order valence-corrected chi connectivity index (χ2v) is 5.22. The number of furan rings is 1. The summed E-state index contributed by atoms with van der Waals surface area (Å²) in [6.07, 6.45) is 5.80. The number of piperidine rings is 1. The number of nitrogens with one attached hydrogen (secondary N) is 1. The first-order valence-corrected chi connectivity index (χ1v) is 6.68. The number of nitrogens with zero attached hydrogens (tertiary/aromatic N) is 1. The Bertz CT molecular complexity index is 329. The molecule has 3 nitrogen and oxygen atoms in total. The highest BCUT2D eigenvalue weighted by molar-refractivity contribution is 5.14. The minimum atomic E-state index is 0.921. The Kier molecular flexibility index (Phi) is 4.63. The van der Waals surface area contributed by atoms with Crippen LogP contribution in [0.15, 0.2) is 16.7 Å². The standard InChI is InChI=1S/C14H24N2O/c1-12-14(6-10-17-12)11-16(2)9-5-13-3-7-15-8-4-13/h6,10,13,15H,3-5,7-9,11H2,1-2H3. The third kappa shape index (κ3) is 3.86. The monoisotopic (exact) mass is 236 g/mol. The van der Waals surface area contributed by atoms with Gasteiger partial charge in [0.25, 0.3) is 0 Å². The SMILES string of the molecule is Cc1occc1CN(C)CCC1CCNCC1. The van der Waals surface area contributed by atoms with E-state index < -0.39 is 0 Å². The Labute approximate surface area is 104 Å². The molecule has 0 radical (unpaired) electrons. The van der Waals surface area contributed by atoms with Crippen molar-refractivity contribution >= 4 is 0 Å². The van der Waals surface area contributed by atoms with Crippen molar-refractivity contribution < 1.29 is 4.42 Å². The molecule has 1 aliphatic heterocycles. The van der Waals surface area contributed by atoms with Crippen molar-refractivity contribution in [3.05, 3.63) is 23.7 Å². The maximum absolute atomic E-state index is 5.32. The summed E-state index contributed by atoms with van der Waals surface area (Å²) >= 11 is 0. The van der Waals surface area contributed by atoms with E-state index in [0.717, 1.165) is 18.2 Å². The second kappa shape index (κ2) is 6.22. The predicted octanol–water partition coefficient (Wildman–Crippen LogP) is 2.41. The Morgan fingerprint density at radius 1 is 1.41 bits per heavy atom. The summed E-state index contributed by atoms with van der Waals surface area (Å²) < 4.78 is 5.32. The van der Waals surface area contributed by atoms with Crippen LogP contribution in [0.5, 0.6) is 0 Å². The molecule has 2 rings (SSSR count). The molecule has 96 valence electrons. The van der Waals surface area contributed by atoms with E-state index in [1.54, 1.807) is 6.26 Å². The number of hydrogen-bond acceptors (Lipinski definition) is 3. The zero-order valence-corrected chi connectivity index (χ0v) is 11.0. The van der Waals surface area contributed by atoms with Crippen LogP contribution in [0.3, 0.4) is 0 Å². The average Bonchev–Trinajstić information content (AvgIpc) is 2.74. The van der Waals surface area contributed by atoms with E-state index in [2.05, 4.69) is 23.3 Å². The van der Waals surface area contributed by atoms with E-state index in [4.69, 9.17) is 4.42 Å². The lowest BCUT2D eigenvalue weighted by molar-refractivity contribution is 0.265. The van der Waals surface area contributed by atoms with Crippen LogP contribution < -0.4 is 5.32 Å². The third-order valence-electron chi connectivity index (χ3n) is 3.78. The second-order valence-electron chi connectivity index (χ2n) is 5.22. The van der Waals surface area contributed by atoms with Gasteiger partial charge in [0.2, 0.25) is 0 Å². The maximum atomic E-state index is 5.32. The molecule has 1 fully saturated rings. The zero-order chi connectivity index (χ0) is 12.1. The lowest BCUT2D eigenvalue weighted by Crippen LogP contribution is -2.30. The summed E-state index contributed by atoms with van der Waals surface area (Å²) in [7, 11) is 2.20. The highest BCUT2D eigenvalue weighted by atomic mass is 16.3. The highest BCUT2D eigenvalue weighted by Gasteiger charge is 2.14. The van der Waals surface area contributed by atoms with Crippen LogP contribution in [0.25, 0.3) is 0 Å². The van der Waals surface area contributed by atoms with Gasteiger partial charge in [-0.2, -0.15) is 0 Å². The van der Waals surface area contributed by atoms with E-state index in [1.165, 1.54) is 44.5 Å². The van der Waals surface area contributed by atoms with Crippen LogP contribution in [0.1, 0.15) is 30.6 Å². The average molecular weight is 236 g/mol. The van der Waals surface area contributed by atoms with Crippen molar-refractivity contribution in [1.82, 2.24) is 10.2 Å². The predicted molar refractivity (Wildman–Crippen MR) is 70.0 cm³/mol. The van der Waals surface area contributed by atoms with Crippen LogP contribution in [0.4, 0.5) is 0 Å². The molecular weight excluding hydrogens is 212 g/mol. The molecular formula is C14H24N2O. The Balaban J connectivity index is 1.70. The van der Waals surface area contributed by atoms with Crippen LogP contribution in [-0.2, 0) is 6.54 Å². The molecule has 17 heavy (non-hydrogen) atoms. The third-order valence-corrected chi connectivity index (χ3v) is 3.78. The van der Waals surface area contributed by atoms with Gasteiger partial charge in [-0.25, -0.2) is 0 Å². The van der Waals surface area contributed by atoms with Crippen molar-refractivity contribution in [2.45, 2.75) is 32.7 Å². The molecule has 1 aliphatic rings. The van der Waals surface area contributed by atoms with E-state index in [0.29, 0.717) is 0 Å². The summed E-state index contributed by atoms with van der Waals surface area (Å²) in [5, 5.41) is 3.42.